The number of allylic oxidation sites excluding steroid dienone is 4. The van der Waals surface area contributed by atoms with Gasteiger partial charge in [-0.25, -0.2) is 0 Å². The van der Waals surface area contributed by atoms with Crippen LogP contribution in [0.4, 0.5) is 0 Å². The third kappa shape index (κ3) is 6.08. The lowest BCUT2D eigenvalue weighted by atomic mass is 9.95. The summed E-state index contributed by atoms with van der Waals surface area (Å²) in [6, 6.07) is 1.42. The minimum Gasteiger partial charge on any atom is -0.507 e. The molecule has 0 fully saturated rings. The smallest absolute Gasteiger partial charge is 0.252 e. The number of amides is 1. The van der Waals surface area contributed by atoms with Crippen LogP contribution < -0.4 is 5.32 Å². The van der Waals surface area contributed by atoms with Crippen molar-refractivity contribution in [2.24, 2.45) is 0 Å². The second-order valence-corrected chi connectivity index (χ2v) is 8.48. The van der Waals surface area contributed by atoms with Crippen molar-refractivity contribution >= 4 is 5.91 Å². The molecule has 1 aromatic rings. The molecule has 1 aliphatic heterocycles. The first kappa shape index (κ1) is 23.0. The monoisotopic (exact) mass is 403 g/mol. The van der Waals surface area contributed by atoms with Gasteiger partial charge in [0.1, 0.15) is 11.5 Å². The summed E-state index contributed by atoms with van der Waals surface area (Å²) in [6.07, 6.45) is 6.72. The number of phenols is 2. The number of carbonyl (C=O) groups excluding carboxylic acids is 1. The van der Waals surface area contributed by atoms with Crippen LogP contribution in [0.5, 0.6) is 11.5 Å². The molecule has 0 bridgehead atoms. The Balaban J connectivity index is 1.89. The molecule has 0 saturated heterocycles. The van der Waals surface area contributed by atoms with Gasteiger partial charge in [0, 0.05) is 17.7 Å². The molecule has 1 aliphatic rings. The highest BCUT2D eigenvalue weighted by Gasteiger charge is 2.26. The van der Waals surface area contributed by atoms with Gasteiger partial charge in [-0.2, -0.15) is 0 Å². The van der Waals surface area contributed by atoms with E-state index < -0.39 is 11.7 Å². The number of aliphatic hydroxyl groups excluding tert-OH is 1. The summed E-state index contributed by atoms with van der Waals surface area (Å²) in [4.78, 5) is 11.7. The molecule has 0 aromatic heterocycles. The molecule has 6 heteroatoms. The van der Waals surface area contributed by atoms with Crippen molar-refractivity contribution in [2.75, 3.05) is 0 Å². The van der Waals surface area contributed by atoms with Crippen molar-refractivity contribution in [3.8, 4) is 11.5 Å². The third-order valence-corrected chi connectivity index (χ3v) is 5.47. The van der Waals surface area contributed by atoms with E-state index in [1.165, 1.54) is 11.6 Å². The molecule has 1 atom stereocenters. The van der Waals surface area contributed by atoms with Gasteiger partial charge in [0.15, 0.2) is 0 Å². The number of hydrogen-bond acceptors (Lipinski definition) is 5. The van der Waals surface area contributed by atoms with Crippen LogP contribution >= 0.6 is 0 Å². The highest BCUT2D eigenvalue weighted by atomic mass is 16.3. The molecule has 0 radical (unpaired) electrons. The normalized spacial score (nSPS) is 16.0. The van der Waals surface area contributed by atoms with Gasteiger partial charge in [-0.1, -0.05) is 23.3 Å². The molecule has 0 aliphatic carbocycles. The molecule has 1 heterocycles. The second-order valence-electron chi connectivity index (χ2n) is 8.48. The zero-order chi connectivity index (χ0) is 21.8. The highest BCUT2D eigenvalue weighted by molar-refractivity contribution is 5.99. The van der Waals surface area contributed by atoms with Crippen LogP contribution in [-0.2, 0) is 13.0 Å². The van der Waals surface area contributed by atoms with Gasteiger partial charge in [-0.05, 0) is 65.9 Å². The number of hydrogen-bond donors (Lipinski definition) is 5. The molecule has 5 N–H and O–H groups in total. The fourth-order valence-electron chi connectivity index (χ4n) is 3.33. The Morgan fingerprint density at radius 1 is 1.21 bits per heavy atom. The minimum atomic E-state index is -1.09. The fraction of sp³-hybridized carbons (Fsp3) is 0.522. The number of phenolic OH excluding ortho intramolecular Hbond substituents is 2. The van der Waals surface area contributed by atoms with Crippen LogP contribution in [0.15, 0.2) is 29.4 Å². The van der Waals surface area contributed by atoms with E-state index in [1.807, 2.05) is 19.9 Å². The molecule has 29 heavy (non-hydrogen) atoms. The molecule has 0 spiro atoms. The van der Waals surface area contributed by atoms with Gasteiger partial charge in [0.05, 0.1) is 17.3 Å². The maximum absolute atomic E-state index is 11.7. The highest BCUT2D eigenvalue weighted by Crippen LogP contribution is 2.36. The van der Waals surface area contributed by atoms with Gasteiger partial charge in [-0.15, -0.1) is 0 Å². The van der Waals surface area contributed by atoms with E-state index in [0.717, 1.165) is 24.8 Å². The number of aromatic hydroxyl groups is 2. The van der Waals surface area contributed by atoms with E-state index in [4.69, 9.17) is 0 Å². The van der Waals surface area contributed by atoms with Gasteiger partial charge in [-0.3, -0.25) is 4.79 Å². The Kier molecular flexibility index (Phi) is 7.49. The summed E-state index contributed by atoms with van der Waals surface area (Å²) < 4.78 is 0. The predicted molar refractivity (Wildman–Crippen MR) is 113 cm³/mol. The standard InChI is InChI=1S/C23H33NO5/c1-14(6-5-7-15(2)9-11-20(26)23(3,4)29)8-10-16-19(25)12-17-18(21(16)27)13-24-22(17)28/h7-8,12,20,25-27,29H,5-6,9-11,13H2,1-4H3,(H,24,28)/b14-8-,15-7-. The van der Waals surface area contributed by atoms with Crippen molar-refractivity contribution in [2.45, 2.75) is 78.0 Å². The lowest BCUT2D eigenvalue weighted by Crippen LogP contribution is -2.35. The van der Waals surface area contributed by atoms with Crippen LogP contribution in [0.3, 0.4) is 0 Å². The molecule has 1 aromatic carbocycles. The topological polar surface area (TPSA) is 110 Å². The van der Waals surface area contributed by atoms with E-state index in [2.05, 4.69) is 11.4 Å². The first-order valence-electron chi connectivity index (χ1n) is 10.1. The van der Waals surface area contributed by atoms with Gasteiger partial charge in [0.2, 0.25) is 0 Å². The Labute approximate surface area is 172 Å². The van der Waals surface area contributed by atoms with Gasteiger partial charge >= 0.3 is 0 Å². The number of rotatable bonds is 9. The summed E-state index contributed by atoms with van der Waals surface area (Å²) in [7, 11) is 0. The zero-order valence-electron chi connectivity index (χ0n) is 17.7. The Hall–Kier alpha value is -2.31. The molecular weight excluding hydrogens is 370 g/mol. The third-order valence-electron chi connectivity index (χ3n) is 5.47. The maximum atomic E-state index is 11.7. The molecule has 160 valence electrons. The van der Waals surface area contributed by atoms with Crippen molar-refractivity contribution in [1.29, 1.82) is 0 Å². The fourth-order valence-corrected chi connectivity index (χ4v) is 3.33. The van der Waals surface area contributed by atoms with E-state index >= 15 is 0 Å². The van der Waals surface area contributed by atoms with Crippen molar-refractivity contribution in [1.82, 2.24) is 5.32 Å². The molecular formula is C23H33NO5. The number of fused-ring (bicyclic) bond motifs is 1. The lowest BCUT2D eigenvalue weighted by Gasteiger charge is -2.24. The van der Waals surface area contributed by atoms with Crippen LogP contribution in [0.2, 0.25) is 0 Å². The number of aliphatic hydroxyl groups is 2. The summed E-state index contributed by atoms with van der Waals surface area (Å²) in [5.74, 6) is -0.354. The van der Waals surface area contributed by atoms with Crippen LogP contribution in [-0.4, -0.2) is 38.0 Å². The van der Waals surface area contributed by atoms with Crippen molar-refractivity contribution < 1.29 is 25.2 Å². The first-order chi connectivity index (χ1) is 13.5. The van der Waals surface area contributed by atoms with E-state index in [-0.39, 0.29) is 24.0 Å². The molecule has 0 saturated carbocycles. The quantitative estimate of drug-likeness (QED) is 0.406. The average molecular weight is 404 g/mol. The molecule has 1 amide bonds. The van der Waals surface area contributed by atoms with Gasteiger partial charge in [0.25, 0.3) is 5.91 Å². The van der Waals surface area contributed by atoms with Crippen molar-refractivity contribution in [3.63, 3.8) is 0 Å². The Morgan fingerprint density at radius 2 is 1.86 bits per heavy atom. The van der Waals surface area contributed by atoms with Crippen LogP contribution in [0.25, 0.3) is 0 Å². The maximum Gasteiger partial charge on any atom is 0.252 e. The van der Waals surface area contributed by atoms with Crippen molar-refractivity contribution in [3.05, 3.63) is 46.1 Å². The lowest BCUT2D eigenvalue weighted by molar-refractivity contribution is -0.0509. The largest absolute Gasteiger partial charge is 0.507 e. The predicted octanol–water partition coefficient (Wildman–Crippen LogP) is 3.47. The van der Waals surface area contributed by atoms with E-state index in [9.17, 15) is 25.2 Å². The average Bonchev–Trinajstić information content (AvgIpc) is 2.99. The SMILES string of the molecule is C/C(=C/Cc1c(O)cc2c(c1O)CNC2=O)CC/C=C(/C)CCC(O)C(C)(C)O. The second kappa shape index (κ2) is 9.46. The summed E-state index contributed by atoms with van der Waals surface area (Å²) in [5.41, 5.74) is 2.54. The van der Waals surface area contributed by atoms with E-state index in [0.29, 0.717) is 29.5 Å². The summed E-state index contributed by atoms with van der Waals surface area (Å²) >= 11 is 0. The van der Waals surface area contributed by atoms with Crippen LogP contribution in [0.1, 0.15) is 74.9 Å². The minimum absolute atomic E-state index is 0.0106. The zero-order valence-corrected chi connectivity index (χ0v) is 17.7. The summed E-state index contributed by atoms with van der Waals surface area (Å²) in [6.45, 7) is 7.52. The molecule has 1 unspecified atom stereocenters. The van der Waals surface area contributed by atoms with E-state index in [1.54, 1.807) is 13.8 Å². The Bertz CT molecular complexity index is 818. The Morgan fingerprint density at radius 3 is 2.52 bits per heavy atom. The molecule has 6 nitrogen and oxygen atoms in total. The number of benzene rings is 1. The number of nitrogens with one attached hydrogen (secondary N) is 1. The molecule has 2 rings (SSSR count). The first-order valence-corrected chi connectivity index (χ1v) is 10.1. The number of carbonyl (C=O) groups is 1. The van der Waals surface area contributed by atoms with Gasteiger partial charge < -0.3 is 25.7 Å². The van der Waals surface area contributed by atoms with Crippen LogP contribution in [0, 0.1) is 0 Å². The summed E-state index contributed by atoms with van der Waals surface area (Å²) in [5, 5.41) is 42.9.